The summed E-state index contributed by atoms with van der Waals surface area (Å²) in [6.45, 7) is 0.762. The lowest BCUT2D eigenvalue weighted by Gasteiger charge is -2.16. The van der Waals surface area contributed by atoms with E-state index in [0.717, 1.165) is 9.86 Å². The number of carbonyl (C=O) groups excluding carboxylic acids is 1. The van der Waals surface area contributed by atoms with E-state index in [1.54, 1.807) is 30.1 Å². The second-order valence-electron chi connectivity index (χ2n) is 5.27. The Morgan fingerprint density at radius 1 is 1.25 bits per heavy atom. The Labute approximate surface area is 153 Å². The molecule has 3 rings (SSSR count). The highest BCUT2D eigenvalue weighted by Gasteiger charge is 2.17. The maximum Gasteiger partial charge on any atom is 0.289 e. The van der Waals surface area contributed by atoms with Crippen molar-refractivity contribution in [1.82, 2.24) is 4.90 Å². The number of furan rings is 1. The molecular formula is C18H15BrClNO3. The molecule has 1 heterocycles. The van der Waals surface area contributed by atoms with Gasteiger partial charge in [0.1, 0.15) is 17.9 Å². The average molecular weight is 409 g/mol. The van der Waals surface area contributed by atoms with E-state index >= 15 is 0 Å². The van der Waals surface area contributed by atoms with Crippen molar-refractivity contribution in [3.8, 4) is 5.75 Å². The summed E-state index contributed by atoms with van der Waals surface area (Å²) < 4.78 is 12.1. The predicted octanol–water partition coefficient (Wildman–Crippen LogP) is 5.00. The van der Waals surface area contributed by atoms with Crippen LogP contribution in [-0.4, -0.2) is 31.0 Å². The smallest absolute Gasteiger partial charge is 0.289 e. The van der Waals surface area contributed by atoms with Gasteiger partial charge in [0, 0.05) is 12.4 Å². The Morgan fingerprint density at radius 2 is 2.04 bits per heavy atom. The van der Waals surface area contributed by atoms with Gasteiger partial charge in [0.2, 0.25) is 0 Å². The van der Waals surface area contributed by atoms with Crippen molar-refractivity contribution in [3.63, 3.8) is 0 Å². The summed E-state index contributed by atoms with van der Waals surface area (Å²) in [7, 11) is 1.71. The molecule has 0 saturated carbocycles. The van der Waals surface area contributed by atoms with Gasteiger partial charge < -0.3 is 14.1 Å². The Morgan fingerprint density at radius 3 is 2.79 bits per heavy atom. The maximum atomic E-state index is 12.5. The van der Waals surface area contributed by atoms with Crippen LogP contribution in [0.15, 0.2) is 57.4 Å². The lowest BCUT2D eigenvalue weighted by atomic mass is 10.2. The third kappa shape index (κ3) is 3.57. The van der Waals surface area contributed by atoms with Crippen LogP contribution in [-0.2, 0) is 0 Å². The first-order valence-corrected chi connectivity index (χ1v) is 8.54. The molecule has 1 aromatic heterocycles. The molecule has 24 heavy (non-hydrogen) atoms. The molecule has 0 N–H and O–H groups in total. The largest absolute Gasteiger partial charge is 0.490 e. The Balaban J connectivity index is 1.63. The highest BCUT2D eigenvalue weighted by molar-refractivity contribution is 9.10. The summed E-state index contributed by atoms with van der Waals surface area (Å²) in [4.78, 5) is 14.0. The van der Waals surface area contributed by atoms with E-state index < -0.39 is 0 Å². The van der Waals surface area contributed by atoms with Crippen LogP contribution in [0.25, 0.3) is 11.0 Å². The van der Waals surface area contributed by atoms with Crippen molar-refractivity contribution in [1.29, 1.82) is 0 Å². The first-order valence-electron chi connectivity index (χ1n) is 7.37. The summed E-state index contributed by atoms with van der Waals surface area (Å²) in [5, 5.41) is 1.43. The number of ether oxygens (including phenoxy) is 1. The average Bonchev–Trinajstić information content (AvgIpc) is 3.01. The van der Waals surface area contributed by atoms with Gasteiger partial charge in [-0.1, -0.05) is 35.9 Å². The van der Waals surface area contributed by atoms with Gasteiger partial charge in [-0.05, 0) is 40.2 Å². The Hall–Kier alpha value is -1.98. The SMILES string of the molecule is CN(CCOc1ccccc1Cl)C(=O)c1cc2cccc(Br)c2o1. The molecule has 0 aliphatic rings. The van der Waals surface area contributed by atoms with Crippen molar-refractivity contribution in [2.45, 2.75) is 0 Å². The number of rotatable bonds is 5. The van der Waals surface area contributed by atoms with Crippen molar-refractivity contribution >= 4 is 44.4 Å². The summed E-state index contributed by atoms with van der Waals surface area (Å²) in [5.41, 5.74) is 0.668. The molecule has 6 heteroatoms. The van der Waals surface area contributed by atoms with Crippen LogP contribution in [0.3, 0.4) is 0 Å². The molecule has 0 aliphatic heterocycles. The van der Waals surface area contributed by atoms with E-state index in [2.05, 4.69) is 15.9 Å². The third-order valence-corrected chi connectivity index (χ3v) is 4.51. The van der Waals surface area contributed by atoms with Gasteiger partial charge in [-0.3, -0.25) is 4.79 Å². The molecule has 0 bridgehead atoms. The zero-order valence-corrected chi connectivity index (χ0v) is 15.3. The molecule has 3 aromatic rings. The number of carbonyl (C=O) groups is 1. The van der Waals surface area contributed by atoms with Crippen LogP contribution in [0.4, 0.5) is 0 Å². The highest BCUT2D eigenvalue weighted by Crippen LogP contribution is 2.27. The fourth-order valence-corrected chi connectivity index (χ4v) is 2.93. The fraction of sp³-hybridized carbons (Fsp3) is 0.167. The molecular weight excluding hydrogens is 394 g/mol. The molecule has 0 spiro atoms. The van der Waals surface area contributed by atoms with E-state index in [-0.39, 0.29) is 5.91 Å². The van der Waals surface area contributed by atoms with Crippen molar-refractivity contribution in [2.24, 2.45) is 0 Å². The summed E-state index contributed by atoms with van der Waals surface area (Å²) in [5.74, 6) is 0.714. The third-order valence-electron chi connectivity index (χ3n) is 3.57. The zero-order chi connectivity index (χ0) is 17.1. The van der Waals surface area contributed by atoms with Gasteiger partial charge in [-0.2, -0.15) is 0 Å². The van der Waals surface area contributed by atoms with Gasteiger partial charge in [0.05, 0.1) is 16.0 Å². The van der Waals surface area contributed by atoms with Crippen LogP contribution >= 0.6 is 27.5 Å². The van der Waals surface area contributed by atoms with E-state index in [1.807, 2.05) is 30.3 Å². The van der Waals surface area contributed by atoms with Crippen LogP contribution in [0.1, 0.15) is 10.6 Å². The lowest BCUT2D eigenvalue weighted by molar-refractivity contribution is 0.0745. The van der Waals surface area contributed by atoms with Gasteiger partial charge in [-0.15, -0.1) is 0 Å². The fourth-order valence-electron chi connectivity index (χ4n) is 2.28. The van der Waals surface area contributed by atoms with Crippen LogP contribution in [0.2, 0.25) is 5.02 Å². The number of benzene rings is 2. The van der Waals surface area contributed by atoms with Crippen molar-refractivity contribution < 1.29 is 13.9 Å². The molecule has 124 valence electrons. The second-order valence-corrected chi connectivity index (χ2v) is 6.54. The number of likely N-dealkylation sites (N-methyl/N-ethyl adjacent to an activating group) is 1. The second kappa shape index (κ2) is 7.28. The summed E-state index contributed by atoms with van der Waals surface area (Å²) in [6.07, 6.45) is 0. The molecule has 0 radical (unpaired) electrons. The minimum absolute atomic E-state index is 0.194. The number of hydrogen-bond donors (Lipinski definition) is 0. The molecule has 2 aromatic carbocycles. The molecule has 0 aliphatic carbocycles. The van der Waals surface area contributed by atoms with Gasteiger partial charge in [-0.25, -0.2) is 0 Å². The first-order chi connectivity index (χ1) is 11.6. The van der Waals surface area contributed by atoms with E-state index in [1.165, 1.54) is 0 Å². The minimum Gasteiger partial charge on any atom is -0.490 e. The molecule has 0 saturated heterocycles. The zero-order valence-electron chi connectivity index (χ0n) is 13.0. The van der Waals surface area contributed by atoms with Crippen molar-refractivity contribution in [2.75, 3.05) is 20.2 Å². The number of fused-ring (bicyclic) bond motifs is 1. The number of amides is 1. The quantitative estimate of drug-likeness (QED) is 0.596. The van der Waals surface area contributed by atoms with Gasteiger partial charge >= 0.3 is 0 Å². The van der Waals surface area contributed by atoms with Gasteiger partial charge in [0.15, 0.2) is 5.76 Å². The molecule has 0 fully saturated rings. The number of para-hydroxylation sites is 2. The summed E-state index contributed by atoms with van der Waals surface area (Å²) >= 11 is 9.45. The number of nitrogens with zero attached hydrogens (tertiary/aromatic N) is 1. The normalized spacial score (nSPS) is 10.8. The highest BCUT2D eigenvalue weighted by atomic mass is 79.9. The molecule has 1 amide bonds. The van der Waals surface area contributed by atoms with Crippen molar-refractivity contribution in [3.05, 3.63) is 63.8 Å². The standard InChI is InChI=1S/C18H15BrClNO3/c1-21(9-10-23-15-8-3-2-7-14(15)20)18(22)16-11-12-5-4-6-13(19)17(12)24-16/h2-8,11H,9-10H2,1H3. The monoisotopic (exact) mass is 407 g/mol. The predicted molar refractivity (Wildman–Crippen MR) is 97.8 cm³/mol. The molecule has 0 unspecified atom stereocenters. The topological polar surface area (TPSA) is 42.7 Å². The lowest BCUT2D eigenvalue weighted by Crippen LogP contribution is -2.30. The van der Waals surface area contributed by atoms with Crippen LogP contribution in [0.5, 0.6) is 5.75 Å². The molecule has 0 atom stereocenters. The minimum atomic E-state index is -0.194. The molecule has 4 nitrogen and oxygen atoms in total. The van der Waals surface area contributed by atoms with Crippen LogP contribution < -0.4 is 4.74 Å². The number of halogens is 2. The van der Waals surface area contributed by atoms with E-state index in [9.17, 15) is 4.79 Å². The van der Waals surface area contributed by atoms with Gasteiger partial charge in [0.25, 0.3) is 5.91 Å². The van der Waals surface area contributed by atoms with E-state index in [0.29, 0.717) is 35.3 Å². The van der Waals surface area contributed by atoms with Crippen LogP contribution in [0, 0.1) is 0 Å². The summed E-state index contributed by atoms with van der Waals surface area (Å²) in [6, 6.07) is 14.7. The Kier molecular flexibility index (Phi) is 5.11. The Bertz CT molecular complexity index is 878. The maximum absolute atomic E-state index is 12.5. The van der Waals surface area contributed by atoms with E-state index in [4.69, 9.17) is 20.8 Å². The first kappa shape index (κ1) is 16.9. The number of hydrogen-bond acceptors (Lipinski definition) is 3.